The van der Waals surface area contributed by atoms with Crippen LogP contribution in [-0.2, 0) is 12.8 Å². The summed E-state index contributed by atoms with van der Waals surface area (Å²) in [5.74, 6) is 0. The van der Waals surface area contributed by atoms with Crippen molar-refractivity contribution in [3.8, 4) is 0 Å². The van der Waals surface area contributed by atoms with E-state index in [-0.39, 0.29) is 5.54 Å². The topological polar surface area (TPSA) is 52.0 Å². The summed E-state index contributed by atoms with van der Waals surface area (Å²) in [6.45, 7) is 2.66. The Balaban J connectivity index is 2.35. The van der Waals surface area contributed by atoms with Crippen molar-refractivity contribution in [2.45, 2.75) is 31.6 Å². The van der Waals surface area contributed by atoms with E-state index in [0.717, 1.165) is 19.3 Å². The van der Waals surface area contributed by atoms with E-state index in [1.54, 1.807) is 0 Å². The standard InChI is InChI=1S/C12H18BN2/c1-13-11-4-2-3-9-7-12(15,8-14)6-5-10(9)11/h2-4H,5-8,14-15H2,1H3. The second kappa shape index (κ2) is 3.99. The zero-order valence-electron chi connectivity index (χ0n) is 9.29. The Labute approximate surface area is 92.3 Å². The van der Waals surface area contributed by atoms with Gasteiger partial charge in [-0.05, 0) is 24.8 Å². The molecule has 1 radical (unpaired) electrons. The van der Waals surface area contributed by atoms with Gasteiger partial charge < -0.3 is 11.5 Å². The second-order valence-electron chi connectivity index (χ2n) is 4.52. The number of benzene rings is 1. The summed E-state index contributed by atoms with van der Waals surface area (Å²) >= 11 is 0. The molecule has 2 nitrogen and oxygen atoms in total. The van der Waals surface area contributed by atoms with Crippen LogP contribution in [0.25, 0.3) is 0 Å². The Hall–Kier alpha value is -0.795. The number of fused-ring (bicyclic) bond motifs is 1. The molecule has 4 N–H and O–H groups in total. The fraction of sp³-hybridized carbons (Fsp3) is 0.500. The Morgan fingerprint density at radius 3 is 2.93 bits per heavy atom. The smallest absolute Gasteiger partial charge is 0.148 e. The van der Waals surface area contributed by atoms with Gasteiger partial charge in [-0.15, -0.1) is 0 Å². The Kier molecular flexibility index (Phi) is 2.85. The minimum atomic E-state index is -0.181. The molecule has 0 spiro atoms. The van der Waals surface area contributed by atoms with Gasteiger partial charge in [0, 0.05) is 12.1 Å². The van der Waals surface area contributed by atoms with Gasteiger partial charge in [0.2, 0.25) is 0 Å². The van der Waals surface area contributed by atoms with Gasteiger partial charge in [-0.3, -0.25) is 0 Å². The molecule has 0 aliphatic heterocycles. The predicted octanol–water partition coefficient (Wildman–Crippen LogP) is 0.209. The summed E-state index contributed by atoms with van der Waals surface area (Å²) in [4.78, 5) is 0. The molecule has 0 amide bonds. The van der Waals surface area contributed by atoms with Crippen LogP contribution in [0.3, 0.4) is 0 Å². The molecule has 1 aliphatic rings. The molecule has 15 heavy (non-hydrogen) atoms. The number of hydrogen-bond acceptors (Lipinski definition) is 2. The lowest BCUT2D eigenvalue weighted by atomic mass is 9.66. The van der Waals surface area contributed by atoms with E-state index in [4.69, 9.17) is 11.5 Å². The first-order valence-corrected chi connectivity index (χ1v) is 5.57. The Morgan fingerprint density at radius 1 is 1.47 bits per heavy atom. The van der Waals surface area contributed by atoms with Crippen LogP contribution in [0.5, 0.6) is 0 Å². The summed E-state index contributed by atoms with van der Waals surface area (Å²) in [6, 6.07) is 6.46. The van der Waals surface area contributed by atoms with Crippen molar-refractivity contribution in [1.29, 1.82) is 0 Å². The van der Waals surface area contributed by atoms with Crippen molar-refractivity contribution in [1.82, 2.24) is 0 Å². The molecular formula is C12H18BN2. The molecule has 0 heterocycles. The van der Waals surface area contributed by atoms with Crippen LogP contribution in [0.15, 0.2) is 18.2 Å². The maximum Gasteiger partial charge on any atom is 0.148 e. The molecule has 0 fully saturated rings. The summed E-state index contributed by atoms with van der Waals surface area (Å²) in [5, 5.41) is 0. The molecule has 1 atom stereocenters. The quantitative estimate of drug-likeness (QED) is 0.672. The SMILES string of the molecule is C[B]c1cccc2c1CCC(N)(CN)C2. The first-order chi connectivity index (χ1) is 7.18. The zero-order valence-corrected chi connectivity index (χ0v) is 9.29. The monoisotopic (exact) mass is 201 g/mol. The fourth-order valence-corrected chi connectivity index (χ4v) is 2.41. The molecule has 1 unspecified atom stereocenters. The van der Waals surface area contributed by atoms with Crippen molar-refractivity contribution in [2.75, 3.05) is 6.54 Å². The predicted molar refractivity (Wildman–Crippen MR) is 65.7 cm³/mol. The van der Waals surface area contributed by atoms with Crippen molar-refractivity contribution < 1.29 is 0 Å². The van der Waals surface area contributed by atoms with Crippen molar-refractivity contribution in [3.05, 3.63) is 29.3 Å². The normalized spacial score (nSPS) is 24.7. The van der Waals surface area contributed by atoms with Crippen LogP contribution >= 0.6 is 0 Å². The third-order valence-corrected chi connectivity index (χ3v) is 3.44. The highest BCUT2D eigenvalue weighted by Gasteiger charge is 2.29. The first kappa shape index (κ1) is 10.7. The van der Waals surface area contributed by atoms with Crippen molar-refractivity contribution in [3.63, 3.8) is 0 Å². The van der Waals surface area contributed by atoms with Crippen LogP contribution < -0.4 is 16.9 Å². The molecule has 0 saturated carbocycles. The molecule has 3 heteroatoms. The summed E-state index contributed by atoms with van der Waals surface area (Å²) in [5.41, 5.74) is 16.0. The molecule has 0 saturated heterocycles. The van der Waals surface area contributed by atoms with E-state index < -0.39 is 0 Å². The third kappa shape index (κ3) is 1.94. The van der Waals surface area contributed by atoms with E-state index in [0.29, 0.717) is 6.54 Å². The first-order valence-electron chi connectivity index (χ1n) is 5.57. The highest BCUT2D eigenvalue weighted by atomic mass is 14.8. The fourth-order valence-electron chi connectivity index (χ4n) is 2.41. The highest BCUT2D eigenvalue weighted by molar-refractivity contribution is 6.52. The lowest BCUT2D eigenvalue weighted by Gasteiger charge is -2.34. The molecule has 2 rings (SSSR count). The minimum absolute atomic E-state index is 0.181. The van der Waals surface area contributed by atoms with Crippen LogP contribution in [0.2, 0.25) is 6.82 Å². The van der Waals surface area contributed by atoms with E-state index in [2.05, 4.69) is 32.3 Å². The molecule has 0 bridgehead atoms. The lowest BCUT2D eigenvalue weighted by Crippen LogP contribution is -2.51. The maximum absolute atomic E-state index is 6.23. The average molecular weight is 201 g/mol. The zero-order chi connectivity index (χ0) is 10.9. The van der Waals surface area contributed by atoms with Crippen LogP contribution in [-0.4, -0.2) is 19.4 Å². The summed E-state index contributed by atoms with van der Waals surface area (Å²) in [6.07, 6.45) is 2.98. The lowest BCUT2D eigenvalue weighted by molar-refractivity contribution is 0.382. The van der Waals surface area contributed by atoms with Crippen LogP contribution in [0, 0.1) is 0 Å². The van der Waals surface area contributed by atoms with Gasteiger partial charge in [0.1, 0.15) is 7.28 Å². The summed E-state index contributed by atoms with van der Waals surface area (Å²) < 4.78 is 0. The van der Waals surface area contributed by atoms with E-state index in [1.165, 1.54) is 16.6 Å². The summed E-state index contributed by atoms with van der Waals surface area (Å²) in [7, 11) is 2.17. The second-order valence-corrected chi connectivity index (χ2v) is 4.52. The van der Waals surface area contributed by atoms with Crippen molar-refractivity contribution >= 4 is 12.7 Å². The van der Waals surface area contributed by atoms with Crippen LogP contribution in [0.4, 0.5) is 0 Å². The molecule has 0 aromatic heterocycles. The number of hydrogen-bond donors (Lipinski definition) is 2. The van der Waals surface area contributed by atoms with Crippen molar-refractivity contribution in [2.24, 2.45) is 11.5 Å². The molecule has 1 aromatic rings. The average Bonchev–Trinajstić information content (AvgIpc) is 2.28. The minimum Gasteiger partial charge on any atom is -0.329 e. The van der Waals surface area contributed by atoms with Gasteiger partial charge >= 0.3 is 0 Å². The van der Waals surface area contributed by atoms with E-state index in [1.807, 2.05) is 0 Å². The third-order valence-electron chi connectivity index (χ3n) is 3.44. The molecule has 1 aliphatic carbocycles. The van der Waals surface area contributed by atoms with Gasteiger partial charge in [0.25, 0.3) is 0 Å². The van der Waals surface area contributed by atoms with E-state index >= 15 is 0 Å². The Morgan fingerprint density at radius 2 is 2.27 bits per heavy atom. The van der Waals surface area contributed by atoms with E-state index in [9.17, 15) is 0 Å². The van der Waals surface area contributed by atoms with Gasteiger partial charge in [-0.1, -0.05) is 36.0 Å². The van der Waals surface area contributed by atoms with Gasteiger partial charge in [-0.25, -0.2) is 0 Å². The number of nitrogens with two attached hydrogens (primary N) is 2. The van der Waals surface area contributed by atoms with Gasteiger partial charge in [0.15, 0.2) is 0 Å². The van der Waals surface area contributed by atoms with Gasteiger partial charge in [0.05, 0.1) is 0 Å². The van der Waals surface area contributed by atoms with Crippen LogP contribution in [0.1, 0.15) is 17.5 Å². The maximum atomic E-state index is 6.23. The molecule has 1 aromatic carbocycles. The highest BCUT2D eigenvalue weighted by Crippen LogP contribution is 2.25. The molecular weight excluding hydrogens is 183 g/mol. The largest absolute Gasteiger partial charge is 0.329 e. The van der Waals surface area contributed by atoms with Gasteiger partial charge in [-0.2, -0.15) is 0 Å². The Bertz CT molecular complexity index is 365. The molecule has 79 valence electrons. The number of rotatable bonds is 2.